The van der Waals surface area contributed by atoms with Crippen molar-refractivity contribution >= 4 is 51.7 Å². The topological polar surface area (TPSA) is 94.8 Å². The molecule has 1 fully saturated rings. The van der Waals surface area contributed by atoms with Gasteiger partial charge in [0.2, 0.25) is 11.2 Å². The third-order valence-electron chi connectivity index (χ3n) is 5.53. The Morgan fingerprint density at radius 2 is 1.65 bits per heavy atom. The van der Waals surface area contributed by atoms with Gasteiger partial charge in [0.15, 0.2) is 5.76 Å². The highest BCUT2D eigenvalue weighted by molar-refractivity contribution is 8.18. The number of fused-ring (bicyclic) bond motifs is 1. The molecule has 0 bridgehead atoms. The number of carbonyl (C=O) groups is 2. The van der Waals surface area contributed by atoms with Gasteiger partial charge >= 0.3 is 0 Å². The van der Waals surface area contributed by atoms with Gasteiger partial charge in [-0.25, -0.2) is 0 Å². The van der Waals surface area contributed by atoms with Crippen LogP contribution in [0, 0.1) is 0 Å². The summed E-state index contributed by atoms with van der Waals surface area (Å²) in [5.74, 6) is 0.720. The molecule has 0 spiro atoms. The van der Waals surface area contributed by atoms with Crippen LogP contribution in [0.5, 0.6) is 11.5 Å². The number of para-hydroxylation sites is 1. The maximum atomic E-state index is 13.2. The van der Waals surface area contributed by atoms with Gasteiger partial charge in [-0.3, -0.25) is 19.7 Å². The van der Waals surface area contributed by atoms with Crippen LogP contribution in [0.1, 0.15) is 5.56 Å². The zero-order chi connectivity index (χ0) is 25.8. The lowest BCUT2D eigenvalue weighted by atomic mass is 10.1. The van der Waals surface area contributed by atoms with E-state index in [-0.39, 0.29) is 29.6 Å². The van der Waals surface area contributed by atoms with Crippen molar-refractivity contribution in [2.45, 2.75) is 4.90 Å². The molecular weight excluding hydrogens is 510 g/mol. The first-order valence-electron chi connectivity index (χ1n) is 11.3. The summed E-state index contributed by atoms with van der Waals surface area (Å²) in [5, 5.41) is 2.30. The summed E-state index contributed by atoms with van der Waals surface area (Å²) >= 11 is 2.50. The molecule has 0 saturated carbocycles. The number of rotatable bonds is 8. The molecule has 4 aromatic rings. The van der Waals surface area contributed by atoms with E-state index in [1.54, 1.807) is 60.3 Å². The Hall–Kier alpha value is -3.95. The Morgan fingerprint density at radius 3 is 2.35 bits per heavy atom. The molecule has 5 rings (SSSR count). The number of hydrogen-bond donors (Lipinski definition) is 1. The highest BCUT2D eigenvalue weighted by atomic mass is 32.2. The lowest BCUT2D eigenvalue weighted by molar-refractivity contribution is -0.115. The molecule has 0 radical (unpaired) electrons. The van der Waals surface area contributed by atoms with Crippen LogP contribution < -0.4 is 20.2 Å². The molecule has 3 aromatic carbocycles. The Balaban J connectivity index is 1.29. The van der Waals surface area contributed by atoms with Crippen molar-refractivity contribution in [3.05, 3.63) is 93.5 Å². The number of thioether (sulfide) groups is 2. The van der Waals surface area contributed by atoms with Crippen molar-refractivity contribution in [2.75, 3.05) is 19.5 Å². The standard InChI is InChI=1S/C28H21NO6S2/c1-36-20-12-8-18(9-13-20)25-26(24(30)21-4-2-3-5-22(21)35-25)34-15-14-33-19-10-6-17(7-11-19)16-23-27(31)29-28(32)37-23/h2-13,16H,14-15H2,1H3,(H,29,31,32)/b23-16-. The minimum atomic E-state index is -0.398. The second-order valence-electron chi connectivity index (χ2n) is 7.93. The maximum absolute atomic E-state index is 13.2. The fourth-order valence-corrected chi connectivity index (χ4v) is 4.81. The van der Waals surface area contributed by atoms with Crippen molar-refractivity contribution < 1.29 is 23.5 Å². The smallest absolute Gasteiger partial charge is 0.290 e. The average Bonchev–Trinajstić information content (AvgIpc) is 3.24. The van der Waals surface area contributed by atoms with Gasteiger partial charge in [-0.05, 0) is 78.2 Å². The monoisotopic (exact) mass is 531 g/mol. The average molecular weight is 532 g/mol. The normalized spacial score (nSPS) is 14.2. The summed E-state index contributed by atoms with van der Waals surface area (Å²) in [6, 6.07) is 21.9. The number of amides is 2. The highest BCUT2D eigenvalue weighted by Gasteiger charge is 2.24. The number of ether oxygens (including phenoxy) is 2. The molecule has 0 unspecified atom stereocenters. The van der Waals surface area contributed by atoms with Gasteiger partial charge in [0.05, 0.1) is 10.3 Å². The summed E-state index contributed by atoms with van der Waals surface area (Å²) in [5.41, 5.74) is 1.77. The number of nitrogens with one attached hydrogen (secondary N) is 1. The van der Waals surface area contributed by atoms with Gasteiger partial charge in [0, 0.05) is 10.5 Å². The van der Waals surface area contributed by atoms with E-state index >= 15 is 0 Å². The SMILES string of the molecule is CSc1ccc(-c2oc3ccccc3c(=O)c2OCCOc2ccc(/C=C3\SC(=O)NC3=O)cc2)cc1. The molecule has 0 atom stereocenters. The Morgan fingerprint density at radius 1 is 0.919 bits per heavy atom. The van der Waals surface area contributed by atoms with Crippen LogP contribution >= 0.6 is 23.5 Å². The van der Waals surface area contributed by atoms with E-state index in [2.05, 4.69) is 5.32 Å². The predicted octanol–water partition coefficient (Wildman–Crippen LogP) is 5.96. The summed E-state index contributed by atoms with van der Waals surface area (Å²) < 4.78 is 17.8. The maximum Gasteiger partial charge on any atom is 0.290 e. The van der Waals surface area contributed by atoms with E-state index in [0.717, 1.165) is 27.8 Å². The Bertz CT molecular complexity index is 1560. The molecule has 1 aliphatic rings. The van der Waals surface area contributed by atoms with Crippen LogP contribution in [0.25, 0.3) is 28.4 Å². The lowest BCUT2D eigenvalue weighted by Crippen LogP contribution is -2.17. The van der Waals surface area contributed by atoms with E-state index in [0.29, 0.717) is 27.4 Å². The molecule has 7 nitrogen and oxygen atoms in total. The van der Waals surface area contributed by atoms with Gasteiger partial charge in [0.1, 0.15) is 24.5 Å². The quantitative estimate of drug-likeness (QED) is 0.169. The molecule has 1 saturated heterocycles. The molecule has 2 amide bonds. The first-order chi connectivity index (χ1) is 18.0. The van der Waals surface area contributed by atoms with Gasteiger partial charge in [-0.2, -0.15) is 0 Å². The first kappa shape index (κ1) is 24.7. The van der Waals surface area contributed by atoms with Crippen LogP contribution in [-0.2, 0) is 4.79 Å². The molecule has 37 heavy (non-hydrogen) atoms. The molecule has 186 valence electrons. The van der Waals surface area contributed by atoms with Crippen molar-refractivity contribution in [1.29, 1.82) is 0 Å². The first-order valence-corrected chi connectivity index (χ1v) is 13.4. The highest BCUT2D eigenvalue weighted by Crippen LogP contribution is 2.32. The molecule has 1 N–H and O–H groups in total. The second-order valence-corrected chi connectivity index (χ2v) is 9.83. The summed E-state index contributed by atoms with van der Waals surface area (Å²) in [4.78, 5) is 37.7. The fraction of sp³-hybridized carbons (Fsp3) is 0.107. The van der Waals surface area contributed by atoms with Crippen molar-refractivity contribution in [3.63, 3.8) is 0 Å². The minimum absolute atomic E-state index is 0.129. The minimum Gasteiger partial charge on any atom is -0.490 e. The molecule has 0 aliphatic carbocycles. The summed E-state index contributed by atoms with van der Waals surface area (Å²) in [6.45, 7) is 0.327. The number of benzene rings is 3. The predicted molar refractivity (Wildman–Crippen MR) is 146 cm³/mol. The van der Waals surface area contributed by atoms with E-state index in [9.17, 15) is 14.4 Å². The fourth-order valence-electron chi connectivity index (χ4n) is 3.72. The zero-order valence-electron chi connectivity index (χ0n) is 19.7. The van der Waals surface area contributed by atoms with Gasteiger partial charge in [0.25, 0.3) is 11.1 Å². The van der Waals surface area contributed by atoms with E-state index in [1.807, 2.05) is 36.6 Å². The molecule has 2 heterocycles. The van der Waals surface area contributed by atoms with Crippen LogP contribution in [0.4, 0.5) is 4.79 Å². The Labute approximate surface area is 220 Å². The van der Waals surface area contributed by atoms with E-state index in [4.69, 9.17) is 13.9 Å². The van der Waals surface area contributed by atoms with Crippen LogP contribution in [0.3, 0.4) is 0 Å². The van der Waals surface area contributed by atoms with Crippen molar-refractivity contribution in [3.8, 4) is 22.8 Å². The van der Waals surface area contributed by atoms with Crippen LogP contribution in [0.2, 0.25) is 0 Å². The van der Waals surface area contributed by atoms with Crippen molar-refractivity contribution in [1.82, 2.24) is 5.32 Å². The molecule has 1 aromatic heterocycles. The zero-order valence-corrected chi connectivity index (χ0v) is 21.3. The van der Waals surface area contributed by atoms with E-state index in [1.165, 1.54) is 0 Å². The summed E-state index contributed by atoms with van der Waals surface area (Å²) in [7, 11) is 0. The van der Waals surface area contributed by atoms with Crippen LogP contribution in [-0.4, -0.2) is 30.6 Å². The molecule has 9 heteroatoms. The summed E-state index contributed by atoms with van der Waals surface area (Å²) in [6.07, 6.45) is 3.64. The third kappa shape index (κ3) is 5.58. The number of imide groups is 1. The number of carbonyl (C=O) groups excluding carboxylic acids is 2. The van der Waals surface area contributed by atoms with Crippen LogP contribution in [0.15, 0.2) is 91.8 Å². The number of hydrogen-bond acceptors (Lipinski definition) is 8. The Kier molecular flexibility index (Phi) is 7.34. The van der Waals surface area contributed by atoms with Gasteiger partial charge in [-0.1, -0.05) is 24.3 Å². The van der Waals surface area contributed by atoms with E-state index < -0.39 is 5.91 Å². The molecule has 1 aliphatic heterocycles. The molecular formula is C28H21NO6S2. The van der Waals surface area contributed by atoms with Gasteiger partial charge in [-0.15, -0.1) is 11.8 Å². The lowest BCUT2D eigenvalue weighted by Gasteiger charge is -2.13. The largest absolute Gasteiger partial charge is 0.490 e. The van der Waals surface area contributed by atoms with Gasteiger partial charge < -0.3 is 13.9 Å². The van der Waals surface area contributed by atoms with Crippen molar-refractivity contribution in [2.24, 2.45) is 0 Å². The second kappa shape index (κ2) is 11.0. The third-order valence-corrected chi connectivity index (χ3v) is 7.08.